The van der Waals surface area contributed by atoms with Crippen LogP contribution in [0.1, 0.15) is 6.92 Å². The molecule has 0 N–H and O–H groups in total. The molecule has 11 heavy (non-hydrogen) atoms. The lowest BCUT2D eigenvalue weighted by atomic mass is 10.4. The fourth-order valence-corrected chi connectivity index (χ4v) is 1.06. The monoisotopic (exact) mass is 154 g/mol. The van der Waals surface area contributed by atoms with Gasteiger partial charge in [0, 0.05) is 0 Å². The molecule has 1 unspecified atom stereocenters. The zero-order valence-electron chi connectivity index (χ0n) is 6.41. The van der Waals surface area contributed by atoms with E-state index in [1.165, 1.54) is 0 Å². The van der Waals surface area contributed by atoms with Crippen LogP contribution in [-0.2, 0) is 9.47 Å². The number of hydrogen-bond donors (Lipinski definition) is 0. The molecule has 2 heterocycles. The van der Waals surface area contributed by atoms with Gasteiger partial charge in [-0.2, -0.15) is 0 Å². The third-order valence-corrected chi connectivity index (χ3v) is 1.57. The highest BCUT2D eigenvalue weighted by Gasteiger charge is 2.22. The van der Waals surface area contributed by atoms with E-state index in [-0.39, 0.29) is 6.04 Å². The number of ether oxygens (including phenoxy) is 2. The summed E-state index contributed by atoms with van der Waals surface area (Å²) in [4.78, 5) is 8.30. The first-order chi connectivity index (χ1) is 5.36. The summed E-state index contributed by atoms with van der Waals surface area (Å²) in [6, 6.07) is 0.247. The summed E-state index contributed by atoms with van der Waals surface area (Å²) < 4.78 is 10.4. The highest BCUT2D eigenvalue weighted by atomic mass is 16.5. The summed E-state index contributed by atoms with van der Waals surface area (Å²) in [7, 11) is 0. The first-order valence-electron chi connectivity index (χ1n) is 3.74. The molecule has 0 aromatic carbocycles. The van der Waals surface area contributed by atoms with Crippen molar-refractivity contribution in [1.29, 1.82) is 0 Å². The van der Waals surface area contributed by atoms with Crippen molar-refractivity contribution >= 4 is 11.8 Å². The molecular weight excluding hydrogens is 144 g/mol. The Bertz CT molecular complexity index is 222. The number of aliphatic imine (C=N–C) groups is 2. The van der Waals surface area contributed by atoms with E-state index in [1.54, 1.807) is 0 Å². The second-order valence-corrected chi connectivity index (χ2v) is 2.63. The molecule has 0 aromatic rings. The van der Waals surface area contributed by atoms with Gasteiger partial charge >= 0.3 is 0 Å². The Morgan fingerprint density at radius 1 is 1.36 bits per heavy atom. The second-order valence-electron chi connectivity index (χ2n) is 2.63. The van der Waals surface area contributed by atoms with E-state index in [2.05, 4.69) is 9.98 Å². The van der Waals surface area contributed by atoms with Gasteiger partial charge in [0.2, 0.25) is 0 Å². The van der Waals surface area contributed by atoms with Gasteiger partial charge in [-0.05, 0) is 6.92 Å². The molecule has 60 valence electrons. The highest BCUT2D eigenvalue weighted by Crippen LogP contribution is 2.07. The van der Waals surface area contributed by atoms with E-state index >= 15 is 0 Å². The van der Waals surface area contributed by atoms with E-state index in [4.69, 9.17) is 9.47 Å². The summed E-state index contributed by atoms with van der Waals surface area (Å²) in [6.45, 7) is 4.04. The molecule has 2 aliphatic heterocycles. The first kappa shape index (κ1) is 6.64. The van der Waals surface area contributed by atoms with Crippen LogP contribution >= 0.6 is 0 Å². The predicted molar refractivity (Wildman–Crippen MR) is 41.1 cm³/mol. The van der Waals surface area contributed by atoms with E-state index in [9.17, 15) is 0 Å². The van der Waals surface area contributed by atoms with Crippen molar-refractivity contribution in [1.82, 2.24) is 0 Å². The minimum Gasteiger partial charge on any atom is -0.472 e. The molecule has 1 atom stereocenters. The van der Waals surface area contributed by atoms with E-state index in [0.29, 0.717) is 25.0 Å². The van der Waals surface area contributed by atoms with Crippen LogP contribution in [0.15, 0.2) is 9.98 Å². The summed E-state index contributed by atoms with van der Waals surface area (Å²) in [5.74, 6) is 1.16. The third kappa shape index (κ3) is 1.20. The van der Waals surface area contributed by atoms with Gasteiger partial charge in [-0.1, -0.05) is 0 Å². The van der Waals surface area contributed by atoms with Crippen molar-refractivity contribution in [3.8, 4) is 0 Å². The Morgan fingerprint density at radius 3 is 2.82 bits per heavy atom. The first-order valence-corrected chi connectivity index (χ1v) is 3.74. The molecule has 0 saturated heterocycles. The Morgan fingerprint density at radius 2 is 2.27 bits per heavy atom. The fourth-order valence-electron chi connectivity index (χ4n) is 1.06. The molecular formula is C7H10N2O2. The molecule has 2 rings (SSSR count). The van der Waals surface area contributed by atoms with Crippen molar-refractivity contribution in [2.24, 2.45) is 9.98 Å². The summed E-state index contributed by atoms with van der Waals surface area (Å²) >= 11 is 0. The number of rotatable bonds is 1. The van der Waals surface area contributed by atoms with E-state index in [0.717, 1.165) is 6.54 Å². The summed E-state index contributed by atoms with van der Waals surface area (Å²) in [5.41, 5.74) is 0. The standard InChI is InChI=1S/C7H10N2O2/c1-5-4-11-7(9-5)6-8-2-3-10-6/h5H,2-4H2,1H3. The molecule has 0 saturated carbocycles. The lowest BCUT2D eigenvalue weighted by Crippen LogP contribution is -2.14. The van der Waals surface area contributed by atoms with Crippen molar-refractivity contribution in [2.75, 3.05) is 19.8 Å². The average Bonchev–Trinajstić information content (AvgIpc) is 2.55. The molecule has 4 nitrogen and oxygen atoms in total. The molecule has 2 aliphatic rings. The van der Waals surface area contributed by atoms with Gasteiger partial charge in [-0.25, -0.2) is 9.98 Å². The highest BCUT2D eigenvalue weighted by molar-refractivity contribution is 6.36. The van der Waals surface area contributed by atoms with E-state index < -0.39 is 0 Å². The minimum atomic E-state index is 0.247. The normalized spacial score (nSPS) is 29.0. The SMILES string of the molecule is CC1COC(C2=NCCO2)=N1. The van der Waals surface area contributed by atoms with Gasteiger partial charge in [-0.15, -0.1) is 0 Å². The molecule has 0 aromatic heterocycles. The van der Waals surface area contributed by atoms with Gasteiger partial charge in [0.1, 0.15) is 13.2 Å². The smallest absolute Gasteiger partial charge is 0.273 e. The van der Waals surface area contributed by atoms with Crippen molar-refractivity contribution in [3.05, 3.63) is 0 Å². The Hall–Kier alpha value is -1.06. The number of hydrogen-bond acceptors (Lipinski definition) is 4. The van der Waals surface area contributed by atoms with Gasteiger partial charge in [0.05, 0.1) is 12.6 Å². The number of nitrogens with zero attached hydrogens (tertiary/aromatic N) is 2. The minimum absolute atomic E-state index is 0.247. The summed E-state index contributed by atoms with van der Waals surface area (Å²) in [5, 5.41) is 0. The Kier molecular flexibility index (Phi) is 1.52. The van der Waals surface area contributed by atoms with Crippen LogP contribution in [0.2, 0.25) is 0 Å². The van der Waals surface area contributed by atoms with Crippen molar-refractivity contribution < 1.29 is 9.47 Å². The third-order valence-electron chi connectivity index (χ3n) is 1.57. The van der Waals surface area contributed by atoms with Gasteiger partial charge in [-0.3, -0.25) is 0 Å². The summed E-state index contributed by atoms with van der Waals surface area (Å²) in [6.07, 6.45) is 0. The second kappa shape index (κ2) is 2.53. The van der Waals surface area contributed by atoms with Crippen LogP contribution in [-0.4, -0.2) is 37.6 Å². The molecule has 0 radical (unpaired) electrons. The maximum absolute atomic E-state index is 5.24. The van der Waals surface area contributed by atoms with Crippen LogP contribution in [0.5, 0.6) is 0 Å². The lowest BCUT2D eigenvalue weighted by Gasteiger charge is -1.98. The van der Waals surface area contributed by atoms with Gasteiger partial charge in [0.15, 0.2) is 0 Å². The molecule has 4 heteroatoms. The van der Waals surface area contributed by atoms with Gasteiger partial charge < -0.3 is 9.47 Å². The maximum atomic E-state index is 5.24. The lowest BCUT2D eigenvalue weighted by molar-refractivity contribution is 0.307. The van der Waals surface area contributed by atoms with Crippen LogP contribution in [0, 0.1) is 0 Å². The van der Waals surface area contributed by atoms with Crippen molar-refractivity contribution in [3.63, 3.8) is 0 Å². The van der Waals surface area contributed by atoms with Crippen LogP contribution in [0.25, 0.3) is 0 Å². The quantitative estimate of drug-likeness (QED) is 0.542. The zero-order chi connectivity index (χ0) is 7.68. The maximum Gasteiger partial charge on any atom is 0.273 e. The van der Waals surface area contributed by atoms with Crippen LogP contribution in [0.4, 0.5) is 0 Å². The Labute approximate surface area is 64.9 Å². The molecule has 0 aliphatic carbocycles. The zero-order valence-corrected chi connectivity index (χ0v) is 6.41. The molecule has 0 fully saturated rings. The fraction of sp³-hybridized carbons (Fsp3) is 0.714. The largest absolute Gasteiger partial charge is 0.472 e. The van der Waals surface area contributed by atoms with Gasteiger partial charge in [0.25, 0.3) is 11.8 Å². The van der Waals surface area contributed by atoms with E-state index in [1.807, 2.05) is 6.92 Å². The molecule has 0 bridgehead atoms. The average molecular weight is 154 g/mol. The topological polar surface area (TPSA) is 43.2 Å². The predicted octanol–water partition coefficient (Wildman–Crippen LogP) is 0.232. The van der Waals surface area contributed by atoms with Crippen molar-refractivity contribution in [2.45, 2.75) is 13.0 Å². The molecule has 0 spiro atoms. The molecule has 0 amide bonds. The van der Waals surface area contributed by atoms with Crippen LogP contribution in [0.3, 0.4) is 0 Å². The van der Waals surface area contributed by atoms with Crippen LogP contribution < -0.4 is 0 Å². The Balaban J connectivity index is 2.10.